The molecule has 0 unspecified atom stereocenters. The first kappa shape index (κ1) is 23.4. The van der Waals surface area contributed by atoms with Crippen LogP contribution in [0.2, 0.25) is 0 Å². The average molecular weight is 502 g/mol. The minimum absolute atomic E-state index is 0. The van der Waals surface area contributed by atoms with Crippen molar-refractivity contribution in [2.45, 2.75) is 33.9 Å². The van der Waals surface area contributed by atoms with Crippen molar-refractivity contribution < 1.29 is 9.53 Å². The molecule has 0 amide bonds. The molecule has 1 aromatic carbocycles. The number of carbonyl (C=O) groups excluding carboxylic acids is 1. The molecule has 0 aliphatic rings. The zero-order valence-corrected chi connectivity index (χ0v) is 19.3. The van der Waals surface area contributed by atoms with Gasteiger partial charge in [0, 0.05) is 19.0 Å². The molecule has 0 atom stereocenters. The van der Waals surface area contributed by atoms with Crippen LogP contribution >= 0.6 is 35.3 Å². The summed E-state index contributed by atoms with van der Waals surface area (Å²) in [6.45, 7) is 8.26. The van der Waals surface area contributed by atoms with Crippen molar-refractivity contribution in [1.82, 2.24) is 15.2 Å². The zero-order chi connectivity index (χ0) is 18.9. The van der Waals surface area contributed by atoms with Gasteiger partial charge >= 0.3 is 5.97 Å². The first-order valence-electron chi connectivity index (χ1n) is 8.70. The minimum Gasteiger partial charge on any atom is -0.462 e. The fourth-order valence-corrected chi connectivity index (χ4v) is 3.00. The maximum absolute atomic E-state index is 11.7. The lowest BCUT2D eigenvalue weighted by atomic mass is 10.1. The fourth-order valence-electron chi connectivity index (χ4n) is 2.40. The summed E-state index contributed by atoms with van der Waals surface area (Å²) in [4.78, 5) is 23.0. The van der Waals surface area contributed by atoms with E-state index < -0.39 is 0 Å². The van der Waals surface area contributed by atoms with Crippen molar-refractivity contribution in [3.8, 4) is 0 Å². The van der Waals surface area contributed by atoms with Gasteiger partial charge in [-0.3, -0.25) is 0 Å². The predicted octanol–water partition coefficient (Wildman–Crippen LogP) is 3.84. The third-order valence-corrected chi connectivity index (χ3v) is 4.46. The Kier molecular flexibility index (Phi) is 10.3. The summed E-state index contributed by atoms with van der Waals surface area (Å²) in [5, 5.41) is 6.44. The summed E-state index contributed by atoms with van der Waals surface area (Å²) in [6, 6.07) is 7.36. The highest BCUT2D eigenvalue weighted by Gasteiger charge is 2.09. The Hall–Kier alpha value is -1.68. The maximum atomic E-state index is 11.7. The molecular weight excluding hydrogens is 475 g/mol. The quantitative estimate of drug-likeness (QED) is 0.270. The molecule has 0 aliphatic carbocycles. The molecule has 1 aromatic heterocycles. The number of benzene rings is 1. The summed E-state index contributed by atoms with van der Waals surface area (Å²) in [5.41, 5.74) is 2.63. The van der Waals surface area contributed by atoms with Crippen molar-refractivity contribution in [2.24, 2.45) is 4.99 Å². The molecule has 0 fully saturated rings. The molecule has 0 aliphatic heterocycles. The van der Waals surface area contributed by atoms with Gasteiger partial charge in [-0.05, 0) is 38.5 Å². The second-order valence-corrected chi connectivity index (χ2v) is 6.86. The fraction of sp³-hybridized carbons (Fsp3) is 0.421. The Bertz CT molecular complexity index is 746. The molecule has 2 aromatic rings. The van der Waals surface area contributed by atoms with E-state index in [0.717, 1.165) is 28.8 Å². The summed E-state index contributed by atoms with van der Waals surface area (Å²) < 4.78 is 5.00. The number of thiazole rings is 1. The van der Waals surface area contributed by atoms with E-state index in [0.29, 0.717) is 25.3 Å². The van der Waals surface area contributed by atoms with Gasteiger partial charge in [-0.25, -0.2) is 14.8 Å². The number of guanidine groups is 1. The molecule has 27 heavy (non-hydrogen) atoms. The van der Waals surface area contributed by atoms with E-state index in [2.05, 4.69) is 25.6 Å². The van der Waals surface area contributed by atoms with Crippen molar-refractivity contribution in [1.29, 1.82) is 0 Å². The van der Waals surface area contributed by atoms with Crippen LogP contribution in [0.25, 0.3) is 0 Å². The number of aryl methyl sites for hydroxylation is 1. The summed E-state index contributed by atoms with van der Waals surface area (Å²) in [7, 11) is 2.00. The van der Waals surface area contributed by atoms with Crippen LogP contribution in [0.5, 0.6) is 0 Å². The molecule has 0 saturated heterocycles. The number of nitrogens with zero attached hydrogens (tertiary/aromatic N) is 3. The van der Waals surface area contributed by atoms with E-state index in [1.165, 1.54) is 0 Å². The SMILES string of the molecule is CCNC(=NCc1ccc(C(=O)OCC)cc1)N(C)Cc1csc(C)n1.I. The van der Waals surface area contributed by atoms with E-state index in [1.807, 2.05) is 33.0 Å². The van der Waals surface area contributed by atoms with Gasteiger partial charge in [0.1, 0.15) is 0 Å². The maximum Gasteiger partial charge on any atom is 0.338 e. The van der Waals surface area contributed by atoms with Crippen LogP contribution in [0.1, 0.15) is 40.5 Å². The lowest BCUT2D eigenvalue weighted by molar-refractivity contribution is 0.0526. The van der Waals surface area contributed by atoms with Gasteiger partial charge < -0.3 is 15.0 Å². The second-order valence-electron chi connectivity index (χ2n) is 5.80. The zero-order valence-electron chi connectivity index (χ0n) is 16.2. The van der Waals surface area contributed by atoms with E-state index in [1.54, 1.807) is 30.4 Å². The number of hydrogen-bond acceptors (Lipinski definition) is 5. The van der Waals surface area contributed by atoms with Crippen molar-refractivity contribution in [2.75, 3.05) is 20.2 Å². The number of carbonyl (C=O) groups is 1. The molecule has 0 bridgehead atoms. The first-order valence-corrected chi connectivity index (χ1v) is 9.58. The topological polar surface area (TPSA) is 66.8 Å². The van der Waals surface area contributed by atoms with Gasteiger partial charge in [-0.15, -0.1) is 35.3 Å². The number of aromatic nitrogens is 1. The van der Waals surface area contributed by atoms with Crippen LogP contribution < -0.4 is 5.32 Å². The van der Waals surface area contributed by atoms with Gasteiger partial charge in [-0.1, -0.05) is 12.1 Å². The van der Waals surface area contributed by atoms with Crippen molar-refractivity contribution >= 4 is 47.2 Å². The molecule has 0 saturated carbocycles. The molecular formula is C19H27IN4O2S. The summed E-state index contributed by atoms with van der Waals surface area (Å²) in [6.07, 6.45) is 0. The van der Waals surface area contributed by atoms with Crippen LogP contribution in [-0.2, 0) is 17.8 Å². The lowest BCUT2D eigenvalue weighted by Crippen LogP contribution is -2.38. The molecule has 0 radical (unpaired) electrons. The monoisotopic (exact) mass is 502 g/mol. The van der Waals surface area contributed by atoms with Gasteiger partial charge in [0.2, 0.25) is 0 Å². The summed E-state index contributed by atoms with van der Waals surface area (Å²) >= 11 is 1.65. The number of halogens is 1. The summed E-state index contributed by atoms with van der Waals surface area (Å²) in [5.74, 6) is 0.529. The van der Waals surface area contributed by atoms with E-state index >= 15 is 0 Å². The van der Waals surface area contributed by atoms with Crippen LogP contribution in [0.4, 0.5) is 0 Å². The molecule has 1 N–H and O–H groups in total. The largest absolute Gasteiger partial charge is 0.462 e. The number of esters is 1. The predicted molar refractivity (Wildman–Crippen MR) is 121 cm³/mol. The highest BCUT2D eigenvalue weighted by molar-refractivity contribution is 14.0. The van der Waals surface area contributed by atoms with E-state index in [9.17, 15) is 4.79 Å². The van der Waals surface area contributed by atoms with Gasteiger partial charge in [0.15, 0.2) is 5.96 Å². The number of hydrogen-bond donors (Lipinski definition) is 1. The van der Waals surface area contributed by atoms with Gasteiger partial charge in [-0.2, -0.15) is 0 Å². The third-order valence-electron chi connectivity index (χ3n) is 3.64. The Morgan fingerprint density at radius 3 is 2.56 bits per heavy atom. The third kappa shape index (κ3) is 7.45. The molecule has 1 heterocycles. The van der Waals surface area contributed by atoms with Crippen molar-refractivity contribution in [3.05, 3.63) is 51.5 Å². The Labute approximate surface area is 182 Å². The Morgan fingerprint density at radius 1 is 1.30 bits per heavy atom. The Balaban J connectivity index is 0.00000364. The standard InChI is InChI=1S/C19H26N4O2S.HI/c1-5-20-19(23(4)12-17-13-26-14(3)22-17)21-11-15-7-9-16(10-8-15)18(24)25-6-2;/h7-10,13H,5-6,11-12H2,1-4H3,(H,20,21);1H. The molecule has 8 heteroatoms. The Morgan fingerprint density at radius 2 is 2.00 bits per heavy atom. The number of nitrogens with one attached hydrogen (secondary N) is 1. The highest BCUT2D eigenvalue weighted by atomic mass is 127. The normalized spacial score (nSPS) is 10.9. The smallest absolute Gasteiger partial charge is 0.338 e. The lowest BCUT2D eigenvalue weighted by Gasteiger charge is -2.21. The van der Waals surface area contributed by atoms with Gasteiger partial charge in [0.25, 0.3) is 0 Å². The van der Waals surface area contributed by atoms with E-state index in [4.69, 9.17) is 4.74 Å². The number of ether oxygens (including phenoxy) is 1. The molecule has 148 valence electrons. The first-order chi connectivity index (χ1) is 12.5. The highest BCUT2D eigenvalue weighted by Crippen LogP contribution is 2.11. The number of rotatable bonds is 7. The average Bonchev–Trinajstić information content (AvgIpc) is 3.04. The molecule has 6 nitrogen and oxygen atoms in total. The van der Waals surface area contributed by atoms with E-state index in [-0.39, 0.29) is 29.9 Å². The molecule has 2 rings (SSSR count). The van der Waals surface area contributed by atoms with Crippen LogP contribution in [0.15, 0.2) is 34.6 Å². The van der Waals surface area contributed by atoms with Crippen molar-refractivity contribution in [3.63, 3.8) is 0 Å². The minimum atomic E-state index is -0.297. The van der Waals surface area contributed by atoms with Crippen LogP contribution in [0.3, 0.4) is 0 Å². The van der Waals surface area contributed by atoms with Crippen LogP contribution in [0, 0.1) is 6.92 Å². The number of aliphatic imine (C=N–C) groups is 1. The van der Waals surface area contributed by atoms with Gasteiger partial charge in [0.05, 0.1) is 36.0 Å². The molecule has 0 spiro atoms. The second kappa shape index (κ2) is 11.9. The van der Waals surface area contributed by atoms with Crippen LogP contribution in [-0.4, -0.2) is 42.0 Å².